The Morgan fingerprint density at radius 2 is 1.57 bits per heavy atom. The number of halogens is 2. The van der Waals surface area contributed by atoms with Crippen LogP contribution in [0.4, 0.5) is 11.4 Å². The monoisotopic (exact) mass is 494 g/mol. The molecule has 158 valence electrons. The first-order chi connectivity index (χ1) is 14.2. The van der Waals surface area contributed by atoms with Crippen molar-refractivity contribution in [2.75, 3.05) is 17.2 Å². The second-order valence-electron chi connectivity index (χ2n) is 6.37. The number of esters is 1. The fourth-order valence-electron chi connectivity index (χ4n) is 2.39. The molecular weight excluding hydrogens is 476 g/mol. The zero-order chi connectivity index (χ0) is 22.1. The quantitative estimate of drug-likeness (QED) is 0.391. The Morgan fingerprint density at radius 1 is 0.933 bits per heavy atom. The zero-order valence-corrected chi connectivity index (χ0v) is 18.5. The smallest absolute Gasteiger partial charge is 0.306 e. The number of anilines is 2. The lowest BCUT2D eigenvalue weighted by atomic mass is 10.1. The topological polar surface area (TPSA) is 102 Å². The van der Waals surface area contributed by atoms with Crippen LogP contribution in [0.15, 0.2) is 46.9 Å². The Morgan fingerprint density at radius 3 is 2.20 bits per heavy atom. The molecule has 0 fully saturated rings. The molecule has 7 nitrogen and oxygen atoms in total. The van der Waals surface area contributed by atoms with E-state index in [4.69, 9.17) is 16.3 Å². The third-order valence-electron chi connectivity index (χ3n) is 3.93. The van der Waals surface area contributed by atoms with Crippen molar-refractivity contribution in [2.45, 2.75) is 26.2 Å². The predicted octanol–water partition coefficient (Wildman–Crippen LogP) is 4.60. The van der Waals surface area contributed by atoms with Crippen LogP contribution in [0.2, 0.25) is 5.02 Å². The Balaban J connectivity index is 1.65. The summed E-state index contributed by atoms with van der Waals surface area (Å²) in [6, 6.07) is 11.4. The highest BCUT2D eigenvalue weighted by atomic mass is 79.9. The number of ether oxygens (including phenoxy) is 1. The molecule has 2 rings (SSSR count). The van der Waals surface area contributed by atoms with E-state index in [-0.39, 0.29) is 31.0 Å². The summed E-state index contributed by atoms with van der Waals surface area (Å²) in [5.74, 6) is -1.38. The number of Topliss-reactive ketones (excluding diaryl/α,β-unsaturated/α-hetero) is 1. The number of ketones is 1. The van der Waals surface area contributed by atoms with Crippen molar-refractivity contribution in [3.63, 3.8) is 0 Å². The summed E-state index contributed by atoms with van der Waals surface area (Å²) in [6.45, 7) is 1.04. The van der Waals surface area contributed by atoms with E-state index in [9.17, 15) is 19.2 Å². The zero-order valence-electron chi connectivity index (χ0n) is 16.2. The lowest BCUT2D eigenvalue weighted by molar-refractivity contribution is -0.147. The predicted molar refractivity (Wildman–Crippen MR) is 118 cm³/mol. The molecule has 0 spiro atoms. The molecule has 0 atom stereocenters. The van der Waals surface area contributed by atoms with Crippen molar-refractivity contribution in [3.8, 4) is 0 Å². The number of carbonyl (C=O) groups is 4. The van der Waals surface area contributed by atoms with Crippen LogP contribution in [0, 0.1) is 0 Å². The van der Waals surface area contributed by atoms with Gasteiger partial charge < -0.3 is 15.4 Å². The van der Waals surface area contributed by atoms with Crippen LogP contribution >= 0.6 is 27.5 Å². The van der Waals surface area contributed by atoms with Crippen molar-refractivity contribution in [1.82, 2.24) is 0 Å². The second-order valence-corrected chi connectivity index (χ2v) is 7.63. The Labute approximate surface area is 187 Å². The minimum absolute atomic E-state index is 0.00802. The third-order valence-corrected chi connectivity index (χ3v) is 5.16. The van der Waals surface area contributed by atoms with Crippen molar-refractivity contribution in [3.05, 3.63) is 57.5 Å². The van der Waals surface area contributed by atoms with Gasteiger partial charge >= 0.3 is 5.97 Å². The van der Waals surface area contributed by atoms with Crippen molar-refractivity contribution in [2.24, 2.45) is 0 Å². The average Bonchev–Trinajstić information content (AvgIpc) is 2.69. The largest absolute Gasteiger partial charge is 0.456 e. The van der Waals surface area contributed by atoms with E-state index < -0.39 is 18.5 Å². The van der Waals surface area contributed by atoms with E-state index in [0.29, 0.717) is 26.4 Å². The SMILES string of the molecule is CC(=O)c1ccc(NC(=O)CCCC(=O)OCC(=O)Nc2ccc(Br)c(Cl)c2)cc1. The first kappa shape index (κ1) is 23.6. The van der Waals surface area contributed by atoms with Crippen LogP contribution in [-0.4, -0.2) is 30.2 Å². The second kappa shape index (κ2) is 11.5. The summed E-state index contributed by atoms with van der Waals surface area (Å²) in [7, 11) is 0. The first-order valence-corrected chi connectivity index (χ1v) is 10.2. The maximum Gasteiger partial charge on any atom is 0.306 e. The van der Waals surface area contributed by atoms with Gasteiger partial charge in [-0.25, -0.2) is 0 Å². The Hall–Kier alpha value is -2.71. The summed E-state index contributed by atoms with van der Waals surface area (Å²) >= 11 is 9.20. The highest BCUT2D eigenvalue weighted by molar-refractivity contribution is 9.10. The molecule has 2 amide bonds. The van der Waals surface area contributed by atoms with Crippen LogP contribution in [0.25, 0.3) is 0 Å². The third kappa shape index (κ3) is 7.96. The van der Waals surface area contributed by atoms with Gasteiger partial charge in [-0.2, -0.15) is 0 Å². The van der Waals surface area contributed by atoms with Gasteiger partial charge in [0.05, 0.1) is 5.02 Å². The maximum absolute atomic E-state index is 11.9. The highest BCUT2D eigenvalue weighted by Gasteiger charge is 2.10. The van der Waals surface area contributed by atoms with E-state index in [1.807, 2.05) is 0 Å². The fourth-order valence-corrected chi connectivity index (χ4v) is 2.82. The number of amides is 2. The molecule has 2 aromatic rings. The van der Waals surface area contributed by atoms with Gasteiger partial charge in [0.25, 0.3) is 5.91 Å². The number of nitrogens with one attached hydrogen (secondary N) is 2. The number of carbonyl (C=O) groups excluding carboxylic acids is 4. The van der Waals surface area contributed by atoms with E-state index in [1.54, 1.807) is 42.5 Å². The van der Waals surface area contributed by atoms with Crippen molar-refractivity contribution in [1.29, 1.82) is 0 Å². The Bertz CT molecular complexity index is 947. The lowest BCUT2D eigenvalue weighted by Crippen LogP contribution is -2.21. The van der Waals surface area contributed by atoms with Gasteiger partial charge in [0.15, 0.2) is 12.4 Å². The van der Waals surface area contributed by atoms with Crippen LogP contribution < -0.4 is 10.6 Å². The molecule has 0 saturated heterocycles. The van der Waals surface area contributed by atoms with Crippen LogP contribution in [0.5, 0.6) is 0 Å². The van der Waals surface area contributed by atoms with Crippen molar-refractivity contribution < 1.29 is 23.9 Å². The molecule has 2 aromatic carbocycles. The molecule has 0 bridgehead atoms. The molecule has 0 aromatic heterocycles. The molecule has 9 heteroatoms. The minimum Gasteiger partial charge on any atom is -0.456 e. The summed E-state index contributed by atoms with van der Waals surface area (Å²) in [6.07, 6.45) is 0.404. The van der Waals surface area contributed by atoms with Crippen molar-refractivity contribution >= 4 is 62.5 Å². The minimum atomic E-state index is -0.572. The van der Waals surface area contributed by atoms with Crippen LogP contribution in [0.1, 0.15) is 36.5 Å². The number of benzene rings is 2. The molecule has 0 radical (unpaired) electrons. The maximum atomic E-state index is 11.9. The van der Waals surface area contributed by atoms with Crippen LogP contribution in [-0.2, 0) is 19.1 Å². The fraction of sp³-hybridized carbons (Fsp3) is 0.238. The average molecular weight is 496 g/mol. The molecule has 0 unspecified atom stereocenters. The molecular formula is C21H20BrClN2O5. The summed E-state index contributed by atoms with van der Waals surface area (Å²) in [5, 5.41) is 5.70. The van der Waals surface area contributed by atoms with E-state index >= 15 is 0 Å². The summed E-state index contributed by atoms with van der Waals surface area (Å²) < 4.78 is 5.61. The molecule has 0 aliphatic carbocycles. The molecule has 0 aliphatic rings. The summed E-state index contributed by atoms with van der Waals surface area (Å²) in [4.78, 5) is 46.7. The molecule has 30 heavy (non-hydrogen) atoms. The molecule has 0 saturated carbocycles. The standard InChI is InChI=1S/C21H20BrClN2O5/c1-13(26)14-5-7-15(8-6-14)24-19(27)3-2-4-21(29)30-12-20(28)25-16-9-10-17(22)18(23)11-16/h5-11H,2-4,12H2,1H3,(H,24,27)(H,25,28). The van der Waals surface area contributed by atoms with Gasteiger partial charge in [-0.05, 0) is 71.7 Å². The first-order valence-electron chi connectivity index (χ1n) is 9.06. The van der Waals surface area contributed by atoms with E-state index in [2.05, 4.69) is 26.6 Å². The van der Waals surface area contributed by atoms with Gasteiger partial charge in [-0.3, -0.25) is 19.2 Å². The molecule has 2 N–H and O–H groups in total. The summed E-state index contributed by atoms with van der Waals surface area (Å²) in [5.41, 5.74) is 1.61. The Kier molecular flexibility index (Phi) is 9.01. The van der Waals surface area contributed by atoms with Gasteiger partial charge in [-0.15, -0.1) is 0 Å². The van der Waals surface area contributed by atoms with E-state index in [0.717, 1.165) is 0 Å². The van der Waals surface area contributed by atoms with Gasteiger partial charge in [0, 0.05) is 34.3 Å². The molecule has 0 aliphatic heterocycles. The highest BCUT2D eigenvalue weighted by Crippen LogP contribution is 2.25. The van der Waals surface area contributed by atoms with Crippen LogP contribution in [0.3, 0.4) is 0 Å². The van der Waals surface area contributed by atoms with Gasteiger partial charge in [-0.1, -0.05) is 11.6 Å². The van der Waals surface area contributed by atoms with E-state index in [1.165, 1.54) is 6.92 Å². The number of rotatable bonds is 9. The lowest BCUT2D eigenvalue weighted by Gasteiger charge is -2.08. The number of hydrogen-bond donors (Lipinski definition) is 2. The van der Waals surface area contributed by atoms with Gasteiger partial charge in [0.2, 0.25) is 5.91 Å². The molecule has 0 heterocycles. The normalized spacial score (nSPS) is 10.2. The number of hydrogen-bond acceptors (Lipinski definition) is 5. The van der Waals surface area contributed by atoms with Gasteiger partial charge in [0.1, 0.15) is 0 Å².